The monoisotopic (exact) mass is 270 g/mol. The van der Waals surface area contributed by atoms with Crippen molar-refractivity contribution in [3.8, 4) is 11.5 Å². The number of carboxylic acids is 1. The summed E-state index contributed by atoms with van der Waals surface area (Å²) in [6, 6.07) is 1.90. The molecule has 0 aromatic heterocycles. The number of aryl methyl sites for hydroxylation is 1. The smallest absolute Gasteiger partial charge is 0.303 e. The van der Waals surface area contributed by atoms with Crippen LogP contribution in [0.4, 0.5) is 0 Å². The zero-order valence-corrected chi connectivity index (χ0v) is 10.9. The van der Waals surface area contributed by atoms with Gasteiger partial charge in [-0.2, -0.15) is 0 Å². The summed E-state index contributed by atoms with van der Waals surface area (Å²) in [5.41, 5.74) is 1.96. The van der Waals surface area contributed by atoms with Crippen LogP contribution in [0.3, 0.4) is 0 Å². The lowest BCUT2D eigenvalue weighted by Crippen LogP contribution is -2.16. The maximum Gasteiger partial charge on any atom is 0.303 e. The van der Waals surface area contributed by atoms with Gasteiger partial charge in [-0.25, -0.2) is 0 Å². The van der Waals surface area contributed by atoms with Crippen molar-refractivity contribution >= 4 is 17.6 Å². The van der Waals surface area contributed by atoms with Crippen molar-refractivity contribution in [3.05, 3.63) is 22.2 Å². The van der Waals surface area contributed by atoms with Gasteiger partial charge in [-0.1, -0.05) is 11.6 Å². The van der Waals surface area contributed by atoms with Crippen LogP contribution in [0.5, 0.6) is 11.5 Å². The third-order valence-corrected chi connectivity index (χ3v) is 3.32. The van der Waals surface area contributed by atoms with Gasteiger partial charge in [0.15, 0.2) is 11.5 Å². The minimum absolute atomic E-state index is 0.143. The van der Waals surface area contributed by atoms with E-state index in [4.69, 9.17) is 26.2 Å². The van der Waals surface area contributed by atoms with E-state index in [0.717, 1.165) is 11.1 Å². The van der Waals surface area contributed by atoms with Gasteiger partial charge in [0.25, 0.3) is 0 Å². The normalized spacial score (nSPS) is 13.4. The Morgan fingerprint density at radius 3 is 2.89 bits per heavy atom. The van der Waals surface area contributed by atoms with Gasteiger partial charge in [0, 0.05) is 6.42 Å². The summed E-state index contributed by atoms with van der Waals surface area (Å²) in [6.45, 7) is 2.96. The van der Waals surface area contributed by atoms with Crippen molar-refractivity contribution in [2.45, 2.75) is 26.2 Å². The van der Waals surface area contributed by atoms with Crippen LogP contribution in [0.2, 0.25) is 5.02 Å². The number of carboxylic acid groups (broad SMARTS) is 1. The highest BCUT2D eigenvalue weighted by atomic mass is 35.5. The average Bonchev–Trinajstić information content (AvgIpc) is 2.33. The largest absolute Gasteiger partial charge is 0.486 e. The number of fused-ring (bicyclic) bond motifs is 1. The molecule has 0 spiro atoms. The number of carbonyl (C=O) groups is 1. The van der Waals surface area contributed by atoms with Crippen LogP contribution in [0, 0.1) is 6.92 Å². The highest BCUT2D eigenvalue weighted by molar-refractivity contribution is 6.33. The summed E-state index contributed by atoms with van der Waals surface area (Å²) in [7, 11) is 0. The minimum Gasteiger partial charge on any atom is -0.486 e. The number of hydrogen-bond donors (Lipinski definition) is 1. The molecule has 1 heterocycles. The molecule has 4 nitrogen and oxygen atoms in total. The van der Waals surface area contributed by atoms with Crippen LogP contribution < -0.4 is 9.47 Å². The predicted octanol–water partition coefficient (Wildman–Crippen LogP) is 2.83. The van der Waals surface area contributed by atoms with E-state index in [1.807, 2.05) is 13.0 Å². The molecule has 0 saturated heterocycles. The van der Waals surface area contributed by atoms with Crippen LogP contribution in [0.25, 0.3) is 0 Å². The molecule has 1 aromatic rings. The number of halogens is 1. The van der Waals surface area contributed by atoms with E-state index in [-0.39, 0.29) is 6.42 Å². The maximum atomic E-state index is 10.5. The number of ether oxygens (including phenoxy) is 2. The van der Waals surface area contributed by atoms with E-state index in [9.17, 15) is 4.79 Å². The Kier molecular flexibility index (Phi) is 3.97. The zero-order valence-electron chi connectivity index (χ0n) is 10.2. The highest BCUT2D eigenvalue weighted by Crippen LogP contribution is 2.41. The summed E-state index contributed by atoms with van der Waals surface area (Å²) in [4.78, 5) is 10.5. The molecule has 18 heavy (non-hydrogen) atoms. The molecule has 1 aliphatic heterocycles. The first-order valence-corrected chi connectivity index (χ1v) is 6.26. The third-order valence-electron chi connectivity index (χ3n) is 2.92. The van der Waals surface area contributed by atoms with Gasteiger partial charge < -0.3 is 14.6 Å². The maximum absolute atomic E-state index is 10.5. The summed E-state index contributed by atoms with van der Waals surface area (Å²) in [5.74, 6) is 0.464. The predicted molar refractivity (Wildman–Crippen MR) is 67.8 cm³/mol. The molecule has 5 heteroatoms. The minimum atomic E-state index is -0.790. The van der Waals surface area contributed by atoms with Gasteiger partial charge in [0.05, 0.1) is 5.02 Å². The van der Waals surface area contributed by atoms with Crippen LogP contribution in [0.15, 0.2) is 6.07 Å². The number of rotatable bonds is 4. The number of hydrogen-bond acceptors (Lipinski definition) is 3. The van der Waals surface area contributed by atoms with E-state index in [1.165, 1.54) is 0 Å². The second-order valence-electron chi connectivity index (χ2n) is 4.26. The van der Waals surface area contributed by atoms with E-state index < -0.39 is 5.97 Å². The second kappa shape index (κ2) is 5.48. The lowest BCUT2D eigenvalue weighted by atomic mass is 10.0. The van der Waals surface area contributed by atoms with Crippen LogP contribution >= 0.6 is 11.6 Å². The Balaban J connectivity index is 2.21. The standard InChI is InChI=1S/C13H15ClO4/c1-8-7-10-13(18-6-5-17-10)12(14)9(8)3-2-4-11(15)16/h7H,2-6H2,1H3,(H,15,16). The third kappa shape index (κ3) is 2.70. The first-order chi connectivity index (χ1) is 8.59. The fraction of sp³-hybridized carbons (Fsp3) is 0.462. The van der Waals surface area contributed by atoms with E-state index in [1.54, 1.807) is 0 Å². The fourth-order valence-electron chi connectivity index (χ4n) is 2.03. The van der Waals surface area contributed by atoms with Gasteiger partial charge in [0.2, 0.25) is 0 Å². The van der Waals surface area contributed by atoms with Crippen molar-refractivity contribution in [2.75, 3.05) is 13.2 Å². The average molecular weight is 271 g/mol. The molecule has 98 valence electrons. The van der Waals surface area contributed by atoms with Crippen molar-refractivity contribution in [3.63, 3.8) is 0 Å². The molecule has 0 amide bonds. The Bertz CT molecular complexity index is 471. The molecular weight excluding hydrogens is 256 g/mol. The summed E-state index contributed by atoms with van der Waals surface area (Å²) in [6.07, 6.45) is 1.34. The van der Waals surface area contributed by atoms with E-state index in [2.05, 4.69) is 0 Å². The van der Waals surface area contributed by atoms with Crippen molar-refractivity contribution in [1.29, 1.82) is 0 Å². The van der Waals surface area contributed by atoms with Crippen LogP contribution in [-0.4, -0.2) is 24.3 Å². The summed E-state index contributed by atoms with van der Waals surface area (Å²) >= 11 is 6.29. The molecule has 1 N–H and O–H groups in total. The molecular formula is C13H15ClO4. The Morgan fingerprint density at radius 1 is 1.44 bits per heavy atom. The molecule has 0 aliphatic carbocycles. The van der Waals surface area contributed by atoms with Gasteiger partial charge in [-0.3, -0.25) is 4.79 Å². The van der Waals surface area contributed by atoms with Crippen LogP contribution in [0.1, 0.15) is 24.0 Å². The van der Waals surface area contributed by atoms with E-state index in [0.29, 0.717) is 42.6 Å². The molecule has 0 fully saturated rings. The van der Waals surface area contributed by atoms with Crippen molar-refractivity contribution in [1.82, 2.24) is 0 Å². The van der Waals surface area contributed by atoms with Crippen molar-refractivity contribution in [2.24, 2.45) is 0 Å². The van der Waals surface area contributed by atoms with Crippen LogP contribution in [-0.2, 0) is 11.2 Å². The zero-order chi connectivity index (χ0) is 13.1. The summed E-state index contributed by atoms with van der Waals surface area (Å²) < 4.78 is 11.0. The molecule has 0 radical (unpaired) electrons. The molecule has 2 rings (SSSR count). The molecule has 0 saturated carbocycles. The number of aliphatic carboxylic acids is 1. The van der Waals surface area contributed by atoms with E-state index >= 15 is 0 Å². The lowest BCUT2D eigenvalue weighted by molar-refractivity contribution is -0.137. The molecule has 1 aromatic carbocycles. The molecule has 0 unspecified atom stereocenters. The Hall–Kier alpha value is -1.42. The molecule has 0 atom stereocenters. The fourth-order valence-corrected chi connectivity index (χ4v) is 2.42. The Labute approximate surface area is 110 Å². The molecule has 0 bridgehead atoms. The number of benzene rings is 1. The van der Waals surface area contributed by atoms with Gasteiger partial charge >= 0.3 is 5.97 Å². The first-order valence-electron chi connectivity index (χ1n) is 5.89. The van der Waals surface area contributed by atoms with Crippen molar-refractivity contribution < 1.29 is 19.4 Å². The van der Waals surface area contributed by atoms with Gasteiger partial charge in [-0.15, -0.1) is 0 Å². The molecule has 1 aliphatic rings. The first kappa shape index (κ1) is 13.0. The van der Waals surface area contributed by atoms with Gasteiger partial charge in [-0.05, 0) is 37.0 Å². The van der Waals surface area contributed by atoms with Gasteiger partial charge in [0.1, 0.15) is 13.2 Å². The highest BCUT2D eigenvalue weighted by Gasteiger charge is 2.20. The topological polar surface area (TPSA) is 55.8 Å². The Morgan fingerprint density at radius 2 is 2.17 bits per heavy atom. The SMILES string of the molecule is Cc1cc2c(c(Cl)c1CCCC(=O)O)OCCO2. The lowest BCUT2D eigenvalue weighted by Gasteiger charge is -2.22. The summed E-state index contributed by atoms with van der Waals surface area (Å²) in [5, 5.41) is 9.20. The quantitative estimate of drug-likeness (QED) is 0.914. The second-order valence-corrected chi connectivity index (χ2v) is 4.64.